The maximum absolute atomic E-state index is 12.2. The number of hydrogen-bond donors (Lipinski definition) is 1. The minimum absolute atomic E-state index is 0.0570. The Morgan fingerprint density at radius 3 is 2.48 bits per heavy atom. The lowest BCUT2D eigenvalue weighted by atomic mass is 10.0. The Morgan fingerprint density at radius 2 is 1.90 bits per heavy atom. The highest BCUT2D eigenvalue weighted by Crippen LogP contribution is 2.26. The molecule has 21 heavy (non-hydrogen) atoms. The molecular formula is C15H21NO4S. The molecule has 0 amide bonds. The van der Waals surface area contributed by atoms with Crippen molar-refractivity contribution in [1.29, 1.82) is 0 Å². The maximum Gasteiger partial charge on any atom is 0.338 e. The van der Waals surface area contributed by atoms with Crippen LogP contribution < -0.4 is 5.14 Å². The molecule has 2 rings (SSSR count). The second kappa shape index (κ2) is 6.15. The van der Waals surface area contributed by atoms with E-state index < -0.39 is 16.0 Å². The third-order valence-corrected chi connectivity index (χ3v) is 5.01. The van der Waals surface area contributed by atoms with Gasteiger partial charge in [-0.3, -0.25) is 0 Å². The van der Waals surface area contributed by atoms with Crippen LogP contribution in [0.4, 0.5) is 0 Å². The lowest BCUT2D eigenvalue weighted by molar-refractivity contribution is 0.0441. The molecule has 0 spiro atoms. The Balaban J connectivity index is 2.21. The van der Waals surface area contributed by atoms with Crippen LogP contribution in [-0.4, -0.2) is 21.0 Å². The minimum Gasteiger partial charge on any atom is -0.462 e. The van der Waals surface area contributed by atoms with E-state index in [-0.39, 0.29) is 10.5 Å². The summed E-state index contributed by atoms with van der Waals surface area (Å²) in [5.74, 6) is -0.0511. The first-order valence-electron chi connectivity index (χ1n) is 7.10. The number of rotatable bonds is 4. The lowest BCUT2D eigenvalue weighted by Gasteiger charge is -2.13. The number of primary sulfonamides is 1. The lowest BCUT2D eigenvalue weighted by Crippen LogP contribution is -2.17. The average Bonchev–Trinajstić information content (AvgIpc) is 2.91. The third kappa shape index (κ3) is 3.83. The first-order chi connectivity index (χ1) is 9.79. The van der Waals surface area contributed by atoms with Crippen molar-refractivity contribution in [2.75, 3.05) is 6.61 Å². The van der Waals surface area contributed by atoms with Gasteiger partial charge < -0.3 is 4.74 Å². The van der Waals surface area contributed by atoms with Crippen molar-refractivity contribution in [3.05, 3.63) is 28.8 Å². The highest BCUT2D eigenvalue weighted by Gasteiger charge is 2.21. The second-order valence-corrected chi connectivity index (χ2v) is 7.27. The topological polar surface area (TPSA) is 86.5 Å². The standard InChI is InChI=1S/C15H21NO4S/c1-10-7-13(21(16,18)19)8-14(11(10)2)15(17)20-9-12-5-3-4-6-12/h7-8,12H,3-6,9H2,1-2H3,(H2,16,18,19). The summed E-state index contributed by atoms with van der Waals surface area (Å²) in [6, 6.07) is 2.77. The van der Waals surface area contributed by atoms with Crippen LogP contribution >= 0.6 is 0 Å². The van der Waals surface area contributed by atoms with Crippen LogP contribution in [0.25, 0.3) is 0 Å². The molecule has 0 atom stereocenters. The fourth-order valence-electron chi connectivity index (χ4n) is 2.65. The first-order valence-corrected chi connectivity index (χ1v) is 8.65. The van der Waals surface area contributed by atoms with E-state index in [1.165, 1.54) is 25.0 Å². The van der Waals surface area contributed by atoms with Gasteiger partial charge >= 0.3 is 5.97 Å². The summed E-state index contributed by atoms with van der Waals surface area (Å²) < 4.78 is 28.3. The molecule has 1 aromatic carbocycles. The molecule has 0 bridgehead atoms. The molecule has 1 fully saturated rings. The normalized spacial score (nSPS) is 16.1. The third-order valence-electron chi connectivity index (χ3n) is 4.11. The van der Waals surface area contributed by atoms with E-state index in [0.717, 1.165) is 18.4 Å². The van der Waals surface area contributed by atoms with Crippen LogP contribution in [0.2, 0.25) is 0 Å². The van der Waals surface area contributed by atoms with E-state index in [9.17, 15) is 13.2 Å². The van der Waals surface area contributed by atoms with Crippen LogP contribution in [0.15, 0.2) is 17.0 Å². The molecule has 0 aliphatic heterocycles. The number of sulfonamides is 1. The molecule has 1 aromatic rings. The molecule has 1 aliphatic carbocycles. The van der Waals surface area contributed by atoms with Gasteiger partial charge in [-0.2, -0.15) is 0 Å². The Bertz CT molecular complexity index is 646. The van der Waals surface area contributed by atoms with Crippen molar-refractivity contribution in [3.8, 4) is 0 Å². The van der Waals surface area contributed by atoms with Gasteiger partial charge in [0.15, 0.2) is 0 Å². The van der Waals surface area contributed by atoms with E-state index in [4.69, 9.17) is 9.88 Å². The Labute approximate surface area is 125 Å². The Kier molecular flexibility index (Phi) is 4.68. The summed E-state index contributed by atoms with van der Waals surface area (Å²) in [7, 11) is -3.84. The van der Waals surface area contributed by atoms with Crippen molar-refractivity contribution < 1.29 is 17.9 Å². The van der Waals surface area contributed by atoms with Crippen LogP contribution in [0.3, 0.4) is 0 Å². The second-order valence-electron chi connectivity index (χ2n) is 5.71. The zero-order chi connectivity index (χ0) is 15.6. The van der Waals surface area contributed by atoms with Gasteiger partial charge in [0.05, 0.1) is 17.1 Å². The zero-order valence-electron chi connectivity index (χ0n) is 12.4. The van der Waals surface area contributed by atoms with Gasteiger partial charge in [-0.05, 0) is 55.9 Å². The van der Waals surface area contributed by atoms with Crippen LogP contribution in [0.5, 0.6) is 0 Å². The number of aryl methyl sites for hydroxylation is 1. The number of hydrogen-bond acceptors (Lipinski definition) is 4. The van der Waals surface area contributed by atoms with Gasteiger partial charge in [0, 0.05) is 0 Å². The summed E-state index contributed by atoms with van der Waals surface area (Å²) in [5.41, 5.74) is 1.70. The number of carbonyl (C=O) groups excluding carboxylic acids is 1. The molecule has 116 valence electrons. The maximum atomic E-state index is 12.2. The fourth-order valence-corrected chi connectivity index (χ4v) is 3.27. The van der Waals surface area contributed by atoms with Crippen molar-refractivity contribution in [1.82, 2.24) is 0 Å². The molecule has 1 aliphatic rings. The van der Waals surface area contributed by atoms with E-state index in [1.807, 2.05) is 0 Å². The van der Waals surface area contributed by atoms with Crippen molar-refractivity contribution in [2.45, 2.75) is 44.4 Å². The van der Waals surface area contributed by atoms with Crippen LogP contribution in [0, 0.1) is 19.8 Å². The SMILES string of the molecule is Cc1cc(S(N)(=O)=O)cc(C(=O)OCC2CCCC2)c1C. The van der Waals surface area contributed by atoms with Crippen LogP contribution in [-0.2, 0) is 14.8 Å². The molecule has 1 saturated carbocycles. The number of carbonyl (C=O) groups is 1. The molecule has 2 N–H and O–H groups in total. The quantitative estimate of drug-likeness (QED) is 0.864. The van der Waals surface area contributed by atoms with Gasteiger partial charge in [-0.1, -0.05) is 12.8 Å². The molecule has 0 radical (unpaired) electrons. The van der Waals surface area contributed by atoms with Crippen molar-refractivity contribution in [3.63, 3.8) is 0 Å². The van der Waals surface area contributed by atoms with Gasteiger partial charge in [0.1, 0.15) is 0 Å². The Hall–Kier alpha value is -1.40. The smallest absolute Gasteiger partial charge is 0.338 e. The summed E-state index contributed by atoms with van der Waals surface area (Å²) in [6.45, 7) is 3.92. The number of benzene rings is 1. The molecular weight excluding hydrogens is 290 g/mol. The highest BCUT2D eigenvalue weighted by atomic mass is 32.2. The number of nitrogens with two attached hydrogens (primary N) is 1. The van der Waals surface area contributed by atoms with Gasteiger partial charge in [0.25, 0.3) is 0 Å². The fraction of sp³-hybridized carbons (Fsp3) is 0.533. The van der Waals surface area contributed by atoms with Crippen molar-refractivity contribution >= 4 is 16.0 Å². The number of esters is 1. The average molecular weight is 311 g/mol. The minimum atomic E-state index is -3.84. The van der Waals surface area contributed by atoms with Gasteiger partial charge in [-0.15, -0.1) is 0 Å². The highest BCUT2D eigenvalue weighted by molar-refractivity contribution is 7.89. The number of ether oxygens (including phenoxy) is 1. The predicted octanol–water partition coefficient (Wildman–Crippen LogP) is 2.30. The first kappa shape index (κ1) is 16.0. The van der Waals surface area contributed by atoms with Crippen molar-refractivity contribution in [2.24, 2.45) is 11.1 Å². The summed E-state index contributed by atoms with van der Waals surface area (Å²) >= 11 is 0. The molecule has 5 nitrogen and oxygen atoms in total. The summed E-state index contributed by atoms with van der Waals surface area (Å²) in [4.78, 5) is 12.1. The van der Waals surface area contributed by atoms with E-state index >= 15 is 0 Å². The van der Waals surface area contributed by atoms with Gasteiger partial charge in [0.2, 0.25) is 10.0 Å². The van der Waals surface area contributed by atoms with Gasteiger partial charge in [-0.25, -0.2) is 18.4 Å². The Morgan fingerprint density at radius 1 is 1.29 bits per heavy atom. The largest absolute Gasteiger partial charge is 0.462 e. The zero-order valence-corrected chi connectivity index (χ0v) is 13.2. The van der Waals surface area contributed by atoms with E-state index in [1.54, 1.807) is 13.8 Å². The molecule has 0 heterocycles. The molecule has 0 saturated heterocycles. The monoisotopic (exact) mass is 311 g/mol. The van der Waals surface area contributed by atoms with Crippen LogP contribution in [0.1, 0.15) is 47.2 Å². The van der Waals surface area contributed by atoms with E-state index in [0.29, 0.717) is 18.1 Å². The molecule has 6 heteroatoms. The van der Waals surface area contributed by atoms with E-state index in [2.05, 4.69) is 0 Å². The summed E-state index contributed by atoms with van der Waals surface area (Å²) in [5, 5.41) is 5.14. The molecule has 0 unspecified atom stereocenters. The predicted molar refractivity (Wildman–Crippen MR) is 79.5 cm³/mol. The summed E-state index contributed by atoms with van der Waals surface area (Å²) in [6.07, 6.45) is 4.54. The molecule has 0 aromatic heterocycles.